The number of thiocarbonyl (C=S) groups is 1. The van der Waals surface area contributed by atoms with E-state index in [0.29, 0.717) is 11.0 Å². The molecule has 0 bridgehead atoms. The maximum Gasteiger partial charge on any atom is 0.103 e. The molecule has 1 aliphatic rings. The molecule has 0 saturated carbocycles. The molecule has 1 unspecified atom stereocenters. The van der Waals surface area contributed by atoms with E-state index in [1.807, 2.05) is 12.1 Å². The molecule has 98 valence electrons. The summed E-state index contributed by atoms with van der Waals surface area (Å²) >= 11 is 5.01. The second kappa shape index (κ2) is 5.78. The van der Waals surface area contributed by atoms with E-state index in [0.717, 1.165) is 18.7 Å². The summed E-state index contributed by atoms with van der Waals surface area (Å²) in [5.74, 6) is 0. The predicted octanol–water partition coefficient (Wildman–Crippen LogP) is 1.46. The van der Waals surface area contributed by atoms with Crippen LogP contribution < -0.4 is 5.73 Å². The molecule has 0 spiro atoms. The molecule has 3 nitrogen and oxygen atoms in total. The molecule has 0 aliphatic carbocycles. The highest BCUT2D eigenvalue weighted by Crippen LogP contribution is 2.16. The van der Waals surface area contributed by atoms with Gasteiger partial charge in [0, 0.05) is 31.2 Å². The number of benzene rings is 1. The quantitative estimate of drug-likeness (QED) is 0.834. The minimum Gasteiger partial charge on any atom is -0.389 e. The van der Waals surface area contributed by atoms with Crippen LogP contribution in [0.15, 0.2) is 24.3 Å². The molecule has 0 aromatic heterocycles. The zero-order valence-electron chi connectivity index (χ0n) is 11.1. The molecule has 2 rings (SSSR count). The lowest BCUT2D eigenvalue weighted by Gasteiger charge is -2.20. The van der Waals surface area contributed by atoms with Crippen LogP contribution in [0, 0.1) is 0 Å². The number of nitrogens with two attached hydrogens (primary N) is 1. The third kappa shape index (κ3) is 3.28. The van der Waals surface area contributed by atoms with E-state index in [-0.39, 0.29) is 0 Å². The summed E-state index contributed by atoms with van der Waals surface area (Å²) < 4.78 is 0. The summed E-state index contributed by atoms with van der Waals surface area (Å²) in [5, 5.41) is 0. The molecular weight excluding hydrogens is 242 g/mol. The van der Waals surface area contributed by atoms with Gasteiger partial charge in [0.1, 0.15) is 4.99 Å². The largest absolute Gasteiger partial charge is 0.389 e. The van der Waals surface area contributed by atoms with Crippen LogP contribution in [0.25, 0.3) is 0 Å². The lowest BCUT2D eigenvalue weighted by atomic mass is 10.1. The van der Waals surface area contributed by atoms with E-state index in [1.165, 1.54) is 18.5 Å². The third-order valence-electron chi connectivity index (χ3n) is 3.60. The molecule has 1 heterocycles. The zero-order chi connectivity index (χ0) is 13.1. The van der Waals surface area contributed by atoms with Gasteiger partial charge in [0.05, 0.1) is 0 Å². The Labute approximate surface area is 115 Å². The van der Waals surface area contributed by atoms with Crippen molar-refractivity contribution in [3.8, 4) is 0 Å². The standard InChI is InChI=1S/C14H21N3S/c1-16(2)13-6-7-17(10-13)9-11-4-3-5-12(8-11)14(15)18/h3-5,8,13H,6-7,9-10H2,1-2H3,(H2,15,18). The topological polar surface area (TPSA) is 32.5 Å². The minimum absolute atomic E-state index is 0.476. The van der Waals surface area contributed by atoms with E-state index >= 15 is 0 Å². The maximum absolute atomic E-state index is 5.66. The van der Waals surface area contributed by atoms with Gasteiger partial charge < -0.3 is 10.6 Å². The number of likely N-dealkylation sites (N-methyl/N-ethyl adjacent to an activating group) is 1. The Morgan fingerprint density at radius 1 is 1.50 bits per heavy atom. The summed E-state index contributed by atoms with van der Waals surface area (Å²) in [6.45, 7) is 3.30. The number of hydrogen-bond acceptors (Lipinski definition) is 3. The van der Waals surface area contributed by atoms with Crippen LogP contribution in [-0.4, -0.2) is 48.0 Å². The fraction of sp³-hybridized carbons (Fsp3) is 0.500. The molecule has 2 N–H and O–H groups in total. The van der Waals surface area contributed by atoms with E-state index in [2.05, 4.69) is 36.0 Å². The highest BCUT2D eigenvalue weighted by Gasteiger charge is 2.23. The van der Waals surface area contributed by atoms with Crippen molar-refractivity contribution in [2.24, 2.45) is 5.73 Å². The molecule has 4 heteroatoms. The summed E-state index contributed by atoms with van der Waals surface area (Å²) in [4.78, 5) is 5.28. The van der Waals surface area contributed by atoms with Gasteiger partial charge in [0.2, 0.25) is 0 Å². The van der Waals surface area contributed by atoms with Gasteiger partial charge in [-0.1, -0.05) is 30.4 Å². The normalized spacial score (nSPS) is 20.5. The third-order valence-corrected chi connectivity index (χ3v) is 3.83. The van der Waals surface area contributed by atoms with Crippen molar-refractivity contribution in [1.82, 2.24) is 9.80 Å². The molecule has 1 fully saturated rings. The maximum atomic E-state index is 5.66. The number of likely N-dealkylation sites (tertiary alicyclic amines) is 1. The van der Waals surface area contributed by atoms with Crippen LogP contribution in [0.1, 0.15) is 17.5 Å². The van der Waals surface area contributed by atoms with Gasteiger partial charge in [-0.15, -0.1) is 0 Å². The summed E-state index contributed by atoms with van der Waals surface area (Å²) in [7, 11) is 4.31. The van der Waals surface area contributed by atoms with Crippen LogP contribution in [0.3, 0.4) is 0 Å². The van der Waals surface area contributed by atoms with Crippen molar-refractivity contribution in [3.05, 3.63) is 35.4 Å². The second-order valence-corrected chi connectivity index (χ2v) is 5.65. The number of rotatable bonds is 4. The van der Waals surface area contributed by atoms with Crippen LogP contribution in [-0.2, 0) is 6.54 Å². The molecule has 1 saturated heterocycles. The lowest BCUT2D eigenvalue weighted by Crippen LogP contribution is -2.31. The molecule has 1 atom stereocenters. The smallest absolute Gasteiger partial charge is 0.103 e. The van der Waals surface area contributed by atoms with Crippen molar-refractivity contribution in [3.63, 3.8) is 0 Å². The molecule has 1 aliphatic heterocycles. The van der Waals surface area contributed by atoms with Gasteiger partial charge in [0.15, 0.2) is 0 Å². The predicted molar refractivity (Wildman–Crippen MR) is 79.7 cm³/mol. The highest BCUT2D eigenvalue weighted by atomic mass is 32.1. The zero-order valence-corrected chi connectivity index (χ0v) is 11.9. The van der Waals surface area contributed by atoms with Crippen LogP contribution >= 0.6 is 12.2 Å². The van der Waals surface area contributed by atoms with Crippen molar-refractivity contribution < 1.29 is 0 Å². The minimum atomic E-state index is 0.476. The van der Waals surface area contributed by atoms with E-state index < -0.39 is 0 Å². The van der Waals surface area contributed by atoms with Gasteiger partial charge in [-0.3, -0.25) is 4.90 Å². The number of nitrogens with zero attached hydrogens (tertiary/aromatic N) is 2. The first-order valence-electron chi connectivity index (χ1n) is 6.34. The second-order valence-electron chi connectivity index (χ2n) is 5.21. The summed E-state index contributed by atoms with van der Waals surface area (Å²) in [5.41, 5.74) is 7.92. The van der Waals surface area contributed by atoms with Gasteiger partial charge in [-0.2, -0.15) is 0 Å². The van der Waals surface area contributed by atoms with E-state index in [4.69, 9.17) is 18.0 Å². The van der Waals surface area contributed by atoms with Crippen molar-refractivity contribution in [2.75, 3.05) is 27.2 Å². The lowest BCUT2D eigenvalue weighted by molar-refractivity contribution is 0.264. The van der Waals surface area contributed by atoms with Gasteiger partial charge in [-0.05, 0) is 32.1 Å². The Hall–Kier alpha value is -0.970. The average molecular weight is 263 g/mol. The molecule has 18 heavy (non-hydrogen) atoms. The Balaban J connectivity index is 1.98. The number of hydrogen-bond donors (Lipinski definition) is 1. The average Bonchev–Trinajstić information content (AvgIpc) is 2.78. The SMILES string of the molecule is CN(C)C1CCN(Cc2cccc(C(N)=S)c2)C1. The van der Waals surface area contributed by atoms with Crippen LogP contribution in [0.4, 0.5) is 0 Å². The van der Waals surface area contributed by atoms with Crippen LogP contribution in [0.5, 0.6) is 0 Å². The fourth-order valence-electron chi connectivity index (χ4n) is 2.46. The first-order chi connectivity index (χ1) is 8.56. The molecule has 0 amide bonds. The van der Waals surface area contributed by atoms with Gasteiger partial charge >= 0.3 is 0 Å². The Kier molecular flexibility index (Phi) is 4.32. The first kappa shape index (κ1) is 13.5. The monoisotopic (exact) mass is 263 g/mol. The molecule has 0 radical (unpaired) electrons. The Morgan fingerprint density at radius 2 is 2.28 bits per heavy atom. The van der Waals surface area contributed by atoms with Crippen molar-refractivity contribution in [1.29, 1.82) is 0 Å². The highest BCUT2D eigenvalue weighted by molar-refractivity contribution is 7.80. The van der Waals surface area contributed by atoms with E-state index in [1.54, 1.807) is 0 Å². The fourth-order valence-corrected chi connectivity index (χ4v) is 2.59. The Bertz CT molecular complexity index is 431. The molecular formula is C14H21N3S. The van der Waals surface area contributed by atoms with Gasteiger partial charge in [-0.25, -0.2) is 0 Å². The summed E-state index contributed by atoms with van der Waals surface area (Å²) in [6.07, 6.45) is 1.25. The Morgan fingerprint density at radius 3 is 2.89 bits per heavy atom. The summed E-state index contributed by atoms with van der Waals surface area (Å²) in [6, 6.07) is 8.93. The molecule has 1 aromatic rings. The van der Waals surface area contributed by atoms with Gasteiger partial charge in [0.25, 0.3) is 0 Å². The van der Waals surface area contributed by atoms with Crippen molar-refractivity contribution >= 4 is 17.2 Å². The van der Waals surface area contributed by atoms with Crippen molar-refractivity contribution in [2.45, 2.75) is 19.0 Å². The first-order valence-corrected chi connectivity index (χ1v) is 6.74. The van der Waals surface area contributed by atoms with Crippen LogP contribution in [0.2, 0.25) is 0 Å². The molecule has 1 aromatic carbocycles. The van der Waals surface area contributed by atoms with E-state index in [9.17, 15) is 0 Å².